The second-order valence-corrected chi connectivity index (χ2v) is 3.92. The van der Waals surface area contributed by atoms with Crippen LogP contribution in [0.1, 0.15) is 20.3 Å². The van der Waals surface area contributed by atoms with Gasteiger partial charge in [0, 0.05) is 26.2 Å². The zero-order valence-corrected chi connectivity index (χ0v) is 9.69. The molecule has 0 spiro atoms. The van der Waals surface area contributed by atoms with Gasteiger partial charge in [0.15, 0.2) is 5.84 Å². The van der Waals surface area contributed by atoms with E-state index in [1.54, 1.807) is 0 Å². The third-order valence-corrected chi connectivity index (χ3v) is 3.14. The van der Waals surface area contributed by atoms with Crippen LogP contribution in [0, 0.1) is 0 Å². The average Bonchev–Trinajstić information content (AvgIpc) is 2.30. The molecule has 5 heteroatoms. The summed E-state index contributed by atoms with van der Waals surface area (Å²) in [5, 5.41) is 11.8. The normalized spacial score (nSPS) is 22.9. The standard InChI is InChI=1S/C10H22N4O/c1-3-9(10(11)12-15)14-7-5-13(4-2)6-8-14/h9,15H,3-8H2,1-2H3,(H2,11,12). The van der Waals surface area contributed by atoms with Crippen LogP contribution in [-0.2, 0) is 0 Å². The van der Waals surface area contributed by atoms with Gasteiger partial charge in [-0.1, -0.05) is 19.0 Å². The van der Waals surface area contributed by atoms with Crippen molar-refractivity contribution in [3.8, 4) is 0 Å². The smallest absolute Gasteiger partial charge is 0.156 e. The van der Waals surface area contributed by atoms with Crippen molar-refractivity contribution in [2.45, 2.75) is 26.3 Å². The zero-order chi connectivity index (χ0) is 11.3. The largest absolute Gasteiger partial charge is 0.409 e. The third kappa shape index (κ3) is 3.07. The van der Waals surface area contributed by atoms with Gasteiger partial charge in [0.1, 0.15) is 0 Å². The number of hydrogen-bond donors (Lipinski definition) is 2. The van der Waals surface area contributed by atoms with E-state index in [1.165, 1.54) is 0 Å². The molecule has 0 saturated carbocycles. The van der Waals surface area contributed by atoms with Gasteiger partial charge in [-0.2, -0.15) is 0 Å². The van der Waals surface area contributed by atoms with Crippen molar-refractivity contribution in [3.05, 3.63) is 0 Å². The lowest BCUT2D eigenvalue weighted by atomic mass is 10.1. The van der Waals surface area contributed by atoms with Crippen molar-refractivity contribution in [3.63, 3.8) is 0 Å². The van der Waals surface area contributed by atoms with Gasteiger partial charge in [-0.05, 0) is 13.0 Å². The Morgan fingerprint density at radius 2 is 1.93 bits per heavy atom. The van der Waals surface area contributed by atoms with Gasteiger partial charge in [-0.15, -0.1) is 0 Å². The number of piperazine rings is 1. The Bertz CT molecular complexity index is 211. The summed E-state index contributed by atoms with van der Waals surface area (Å²) in [5.74, 6) is 0.336. The van der Waals surface area contributed by atoms with E-state index < -0.39 is 0 Å². The minimum Gasteiger partial charge on any atom is -0.409 e. The molecule has 0 aromatic heterocycles. The molecule has 0 aliphatic carbocycles. The van der Waals surface area contributed by atoms with E-state index in [0.717, 1.165) is 39.1 Å². The molecule has 0 bridgehead atoms. The van der Waals surface area contributed by atoms with Crippen molar-refractivity contribution < 1.29 is 5.21 Å². The molecule has 1 unspecified atom stereocenters. The van der Waals surface area contributed by atoms with Crippen LogP contribution < -0.4 is 5.73 Å². The molecule has 1 rings (SSSR count). The summed E-state index contributed by atoms with van der Waals surface area (Å²) in [6.07, 6.45) is 0.891. The first kappa shape index (κ1) is 12.3. The predicted molar refractivity (Wildman–Crippen MR) is 61.2 cm³/mol. The summed E-state index contributed by atoms with van der Waals surface area (Å²) < 4.78 is 0. The van der Waals surface area contributed by atoms with Crippen LogP contribution in [0.5, 0.6) is 0 Å². The predicted octanol–water partition coefficient (Wildman–Crippen LogP) is 0.149. The molecule has 1 heterocycles. The molecular weight excluding hydrogens is 192 g/mol. The molecule has 0 radical (unpaired) electrons. The van der Waals surface area contributed by atoms with Crippen LogP contribution >= 0.6 is 0 Å². The van der Waals surface area contributed by atoms with Gasteiger partial charge < -0.3 is 15.8 Å². The summed E-state index contributed by atoms with van der Waals surface area (Å²) in [7, 11) is 0. The molecular formula is C10H22N4O. The van der Waals surface area contributed by atoms with Crippen molar-refractivity contribution in [1.29, 1.82) is 0 Å². The van der Waals surface area contributed by atoms with Crippen LogP contribution in [0.15, 0.2) is 5.16 Å². The number of rotatable bonds is 4. The Morgan fingerprint density at radius 1 is 1.33 bits per heavy atom. The fourth-order valence-corrected chi connectivity index (χ4v) is 2.11. The van der Waals surface area contributed by atoms with Crippen molar-refractivity contribution >= 4 is 5.84 Å². The van der Waals surface area contributed by atoms with Gasteiger partial charge >= 0.3 is 0 Å². The molecule has 15 heavy (non-hydrogen) atoms. The first-order valence-corrected chi connectivity index (χ1v) is 5.66. The topological polar surface area (TPSA) is 65.1 Å². The first-order valence-electron chi connectivity index (χ1n) is 5.66. The van der Waals surface area contributed by atoms with Crippen LogP contribution in [-0.4, -0.2) is 59.6 Å². The minimum absolute atomic E-state index is 0.0917. The lowest BCUT2D eigenvalue weighted by Crippen LogP contribution is -2.53. The lowest BCUT2D eigenvalue weighted by molar-refractivity contribution is 0.118. The fraction of sp³-hybridized carbons (Fsp3) is 0.900. The molecule has 0 amide bonds. The number of likely N-dealkylation sites (N-methyl/N-ethyl adjacent to an activating group) is 1. The van der Waals surface area contributed by atoms with Crippen LogP contribution in [0.25, 0.3) is 0 Å². The van der Waals surface area contributed by atoms with E-state index in [0.29, 0.717) is 5.84 Å². The Kier molecular flexibility index (Phi) is 4.84. The maximum absolute atomic E-state index is 8.69. The second-order valence-electron chi connectivity index (χ2n) is 3.92. The van der Waals surface area contributed by atoms with Gasteiger partial charge in [-0.25, -0.2) is 0 Å². The highest BCUT2D eigenvalue weighted by Gasteiger charge is 2.24. The summed E-state index contributed by atoms with van der Waals surface area (Å²) >= 11 is 0. The van der Waals surface area contributed by atoms with Gasteiger partial charge in [0.25, 0.3) is 0 Å². The van der Waals surface area contributed by atoms with Gasteiger partial charge in [-0.3, -0.25) is 4.90 Å². The molecule has 0 aromatic rings. The molecule has 1 fully saturated rings. The number of nitrogens with zero attached hydrogens (tertiary/aromatic N) is 3. The monoisotopic (exact) mass is 214 g/mol. The zero-order valence-electron chi connectivity index (χ0n) is 9.69. The molecule has 1 atom stereocenters. The van der Waals surface area contributed by atoms with E-state index in [9.17, 15) is 0 Å². The summed E-state index contributed by atoms with van der Waals surface area (Å²) in [6, 6.07) is 0.0917. The Morgan fingerprint density at radius 3 is 2.33 bits per heavy atom. The van der Waals surface area contributed by atoms with E-state index in [4.69, 9.17) is 10.9 Å². The number of amidine groups is 1. The van der Waals surface area contributed by atoms with E-state index >= 15 is 0 Å². The Balaban J connectivity index is 2.50. The molecule has 1 aliphatic rings. The maximum Gasteiger partial charge on any atom is 0.156 e. The SMILES string of the molecule is CCC(C(N)=NO)N1CCN(CC)CC1. The minimum atomic E-state index is 0.0917. The van der Waals surface area contributed by atoms with Crippen LogP contribution in [0.3, 0.4) is 0 Å². The number of oxime groups is 1. The van der Waals surface area contributed by atoms with Crippen molar-refractivity contribution in [2.75, 3.05) is 32.7 Å². The molecule has 5 nitrogen and oxygen atoms in total. The van der Waals surface area contributed by atoms with Crippen LogP contribution in [0.2, 0.25) is 0 Å². The molecule has 88 valence electrons. The summed E-state index contributed by atoms with van der Waals surface area (Å²) in [4.78, 5) is 4.71. The highest BCUT2D eigenvalue weighted by Crippen LogP contribution is 2.09. The summed E-state index contributed by atoms with van der Waals surface area (Å²) in [6.45, 7) is 9.50. The highest BCUT2D eigenvalue weighted by molar-refractivity contribution is 5.85. The number of hydrogen-bond acceptors (Lipinski definition) is 4. The van der Waals surface area contributed by atoms with E-state index in [1.807, 2.05) is 0 Å². The quantitative estimate of drug-likeness (QED) is 0.302. The first-order chi connectivity index (χ1) is 7.22. The van der Waals surface area contributed by atoms with Crippen LogP contribution in [0.4, 0.5) is 0 Å². The van der Waals surface area contributed by atoms with E-state index in [-0.39, 0.29) is 6.04 Å². The molecule has 3 N–H and O–H groups in total. The second kappa shape index (κ2) is 5.92. The van der Waals surface area contributed by atoms with Crippen molar-refractivity contribution in [2.24, 2.45) is 10.9 Å². The van der Waals surface area contributed by atoms with Gasteiger partial charge in [0.05, 0.1) is 6.04 Å². The summed E-state index contributed by atoms with van der Waals surface area (Å²) in [5.41, 5.74) is 5.67. The Labute approximate surface area is 91.5 Å². The average molecular weight is 214 g/mol. The third-order valence-electron chi connectivity index (χ3n) is 3.14. The number of nitrogens with two attached hydrogens (primary N) is 1. The molecule has 1 aliphatic heterocycles. The maximum atomic E-state index is 8.69. The van der Waals surface area contributed by atoms with E-state index in [2.05, 4.69) is 28.8 Å². The van der Waals surface area contributed by atoms with Gasteiger partial charge in [0.2, 0.25) is 0 Å². The Hall–Kier alpha value is -0.810. The van der Waals surface area contributed by atoms with Crippen molar-refractivity contribution in [1.82, 2.24) is 9.80 Å². The molecule has 1 saturated heterocycles. The fourth-order valence-electron chi connectivity index (χ4n) is 2.11. The highest BCUT2D eigenvalue weighted by atomic mass is 16.4. The lowest BCUT2D eigenvalue weighted by Gasteiger charge is -2.38. The molecule has 0 aromatic carbocycles.